The van der Waals surface area contributed by atoms with E-state index < -0.39 is 12.3 Å². The minimum Gasteiger partial charge on any atom is -0.461 e. The number of hydrogen-bond donors (Lipinski definition) is 1. The van der Waals surface area contributed by atoms with Gasteiger partial charge in [-0.1, -0.05) is 0 Å². The van der Waals surface area contributed by atoms with Crippen molar-refractivity contribution in [3.8, 4) is 0 Å². The van der Waals surface area contributed by atoms with Crippen molar-refractivity contribution < 1.29 is 27.4 Å². The second-order valence-electron chi connectivity index (χ2n) is 3.02. The van der Waals surface area contributed by atoms with E-state index in [1.165, 1.54) is 12.1 Å². The van der Waals surface area contributed by atoms with Crippen LogP contribution in [0.3, 0.4) is 0 Å². The van der Waals surface area contributed by atoms with Crippen molar-refractivity contribution in [2.75, 3.05) is 0 Å². The van der Waals surface area contributed by atoms with Crippen LogP contribution in [0, 0.1) is 0 Å². The highest BCUT2D eigenvalue weighted by Gasteiger charge is 2.36. The van der Waals surface area contributed by atoms with E-state index in [9.17, 15) is 13.2 Å². The zero-order valence-electron chi connectivity index (χ0n) is 8.04. The number of ether oxygens (including phenoxy) is 1. The van der Waals surface area contributed by atoms with Crippen molar-refractivity contribution in [1.29, 1.82) is 0 Å². The van der Waals surface area contributed by atoms with Gasteiger partial charge in [0, 0.05) is 0 Å². The van der Waals surface area contributed by atoms with Crippen LogP contribution in [0.4, 0.5) is 13.2 Å². The quantitative estimate of drug-likeness (QED) is 0.852. The molecule has 0 fully saturated rings. The third-order valence-corrected chi connectivity index (χ3v) is 1.81. The van der Waals surface area contributed by atoms with Crippen molar-refractivity contribution in [2.45, 2.75) is 32.4 Å². The fourth-order valence-electron chi connectivity index (χ4n) is 0.886. The lowest BCUT2D eigenvalue weighted by atomic mass is 10.4. The fourth-order valence-corrected chi connectivity index (χ4v) is 0.886. The van der Waals surface area contributed by atoms with Gasteiger partial charge < -0.3 is 14.3 Å². The Labute approximate surface area is 84.5 Å². The van der Waals surface area contributed by atoms with Gasteiger partial charge in [-0.2, -0.15) is 13.2 Å². The zero-order valence-corrected chi connectivity index (χ0v) is 8.04. The second kappa shape index (κ2) is 4.67. The van der Waals surface area contributed by atoms with Crippen molar-refractivity contribution in [3.63, 3.8) is 0 Å². The number of furan rings is 1. The number of aliphatic hydroxyl groups is 1. The molecule has 0 saturated carbocycles. The Kier molecular flexibility index (Phi) is 3.76. The third-order valence-electron chi connectivity index (χ3n) is 1.81. The first-order valence-corrected chi connectivity index (χ1v) is 4.30. The average molecular weight is 224 g/mol. The van der Waals surface area contributed by atoms with Gasteiger partial charge in [0.2, 0.25) is 0 Å². The van der Waals surface area contributed by atoms with Crippen molar-refractivity contribution in [3.05, 3.63) is 23.7 Å². The Morgan fingerprint density at radius 2 is 2.00 bits per heavy atom. The lowest BCUT2D eigenvalue weighted by Gasteiger charge is -2.15. The van der Waals surface area contributed by atoms with E-state index in [1.54, 1.807) is 0 Å². The van der Waals surface area contributed by atoms with Gasteiger partial charge in [-0.15, -0.1) is 0 Å². The van der Waals surface area contributed by atoms with Crippen LogP contribution in [0.25, 0.3) is 0 Å². The van der Waals surface area contributed by atoms with Crippen LogP contribution in [-0.4, -0.2) is 17.4 Å². The molecule has 3 nitrogen and oxygen atoms in total. The molecule has 0 amide bonds. The summed E-state index contributed by atoms with van der Waals surface area (Å²) in [5, 5.41) is 8.64. The van der Waals surface area contributed by atoms with Crippen molar-refractivity contribution >= 4 is 0 Å². The van der Waals surface area contributed by atoms with E-state index in [1.807, 2.05) is 0 Å². The molecule has 0 bridgehead atoms. The molecule has 0 aliphatic carbocycles. The van der Waals surface area contributed by atoms with Crippen LogP contribution in [0.15, 0.2) is 16.5 Å². The zero-order chi connectivity index (χ0) is 11.5. The van der Waals surface area contributed by atoms with Gasteiger partial charge in [-0.05, 0) is 19.1 Å². The molecule has 15 heavy (non-hydrogen) atoms. The lowest BCUT2D eigenvalue weighted by Crippen LogP contribution is -2.28. The van der Waals surface area contributed by atoms with Crippen molar-refractivity contribution in [2.24, 2.45) is 0 Å². The molecule has 1 aromatic heterocycles. The maximum atomic E-state index is 12.0. The molecule has 1 atom stereocenters. The molecular formula is C9H11F3O3. The number of alkyl halides is 3. The van der Waals surface area contributed by atoms with Gasteiger partial charge in [-0.25, -0.2) is 0 Å². The van der Waals surface area contributed by atoms with E-state index in [2.05, 4.69) is 4.74 Å². The average Bonchev–Trinajstić information content (AvgIpc) is 2.60. The Morgan fingerprint density at radius 1 is 1.40 bits per heavy atom. The number of halogens is 3. The third kappa shape index (κ3) is 3.56. The van der Waals surface area contributed by atoms with Gasteiger partial charge in [0.15, 0.2) is 6.10 Å². The molecule has 0 aliphatic heterocycles. The van der Waals surface area contributed by atoms with Gasteiger partial charge >= 0.3 is 6.18 Å². The molecule has 1 N–H and O–H groups in total. The standard InChI is InChI=1S/C9H11F3O3/c1-6(9(10,11)12)14-5-8-3-2-7(4-13)15-8/h2-3,6,13H,4-5H2,1H3. The molecular weight excluding hydrogens is 213 g/mol. The molecule has 1 aromatic rings. The first-order chi connectivity index (χ1) is 6.93. The molecule has 0 aromatic carbocycles. The number of hydrogen-bond acceptors (Lipinski definition) is 3. The van der Waals surface area contributed by atoms with Crippen LogP contribution in [0.5, 0.6) is 0 Å². The highest BCUT2D eigenvalue weighted by Crippen LogP contribution is 2.23. The number of rotatable bonds is 4. The van der Waals surface area contributed by atoms with Crippen LogP contribution >= 0.6 is 0 Å². The SMILES string of the molecule is CC(OCc1ccc(CO)o1)C(F)(F)F. The normalized spacial score (nSPS) is 14.2. The number of aliphatic hydroxyl groups excluding tert-OH is 1. The second-order valence-corrected chi connectivity index (χ2v) is 3.02. The molecule has 0 spiro atoms. The Hall–Kier alpha value is -1.01. The van der Waals surface area contributed by atoms with Crippen molar-refractivity contribution in [1.82, 2.24) is 0 Å². The molecule has 86 valence electrons. The highest BCUT2D eigenvalue weighted by molar-refractivity contribution is 5.05. The minimum atomic E-state index is -4.37. The van der Waals surface area contributed by atoms with Crippen LogP contribution < -0.4 is 0 Å². The van der Waals surface area contributed by atoms with Gasteiger partial charge in [0.1, 0.15) is 24.7 Å². The topological polar surface area (TPSA) is 42.6 Å². The maximum Gasteiger partial charge on any atom is 0.414 e. The summed E-state index contributed by atoms with van der Waals surface area (Å²) in [5.41, 5.74) is 0. The summed E-state index contributed by atoms with van der Waals surface area (Å²) in [6.07, 6.45) is -6.20. The van der Waals surface area contributed by atoms with E-state index >= 15 is 0 Å². The molecule has 0 radical (unpaired) electrons. The first kappa shape index (κ1) is 12.1. The Balaban J connectivity index is 2.43. The van der Waals surface area contributed by atoms with Crippen LogP contribution in [0.1, 0.15) is 18.4 Å². The van der Waals surface area contributed by atoms with Gasteiger partial charge in [0.25, 0.3) is 0 Å². The highest BCUT2D eigenvalue weighted by atomic mass is 19.4. The van der Waals surface area contributed by atoms with E-state index in [0.29, 0.717) is 5.76 Å². The molecule has 0 saturated heterocycles. The minimum absolute atomic E-state index is 0.259. The summed E-state index contributed by atoms with van der Waals surface area (Å²) in [6, 6.07) is 2.95. The van der Waals surface area contributed by atoms with Crippen LogP contribution in [-0.2, 0) is 18.0 Å². The summed E-state index contributed by atoms with van der Waals surface area (Å²) >= 11 is 0. The Bertz CT molecular complexity index is 306. The maximum absolute atomic E-state index is 12.0. The molecule has 1 unspecified atom stereocenters. The van der Waals surface area contributed by atoms with Gasteiger partial charge in [-0.3, -0.25) is 0 Å². The molecule has 1 rings (SSSR count). The molecule has 1 heterocycles. The first-order valence-electron chi connectivity index (χ1n) is 4.30. The fraction of sp³-hybridized carbons (Fsp3) is 0.556. The predicted octanol–water partition coefficient (Wildman–Crippen LogP) is 2.24. The van der Waals surface area contributed by atoms with E-state index in [4.69, 9.17) is 9.52 Å². The lowest BCUT2D eigenvalue weighted by molar-refractivity contribution is -0.218. The molecule has 0 aliphatic rings. The molecule has 6 heteroatoms. The Morgan fingerprint density at radius 3 is 2.47 bits per heavy atom. The van der Waals surface area contributed by atoms with E-state index in [-0.39, 0.29) is 19.0 Å². The summed E-state index contributed by atoms with van der Waals surface area (Å²) in [6.45, 7) is 0.380. The van der Waals surface area contributed by atoms with E-state index in [0.717, 1.165) is 6.92 Å². The summed E-state index contributed by atoms with van der Waals surface area (Å²) in [4.78, 5) is 0. The summed E-state index contributed by atoms with van der Waals surface area (Å²) in [5.74, 6) is 0.559. The monoisotopic (exact) mass is 224 g/mol. The largest absolute Gasteiger partial charge is 0.461 e. The van der Waals surface area contributed by atoms with Crippen LogP contribution in [0.2, 0.25) is 0 Å². The summed E-state index contributed by atoms with van der Waals surface area (Å²) in [7, 11) is 0. The smallest absolute Gasteiger partial charge is 0.414 e. The predicted molar refractivity (Wildman–Crippen MR) is 44.9 cm³/mol. The summed E-state index contributed by atoms with van der Waals surface area (Å²) < 4.78 is 45.6. The van der Waals surface area contributed by atoms with Gasteiger partial charge in [0.05, 0.1) is 0 Å².